The molecule has 32 heavy (non-hydrogen) atoms. The summed E-state index contributed by atoms with van der Waals surface area (Å²) in [5.74, 6) is -1.01. The predicted molar refractivity (Wildman–Crippen MR) is 113 cm³/mol. The number of hydrogen-bond donors (Lipinski definition) is 2. The number of aryl methyl sites for hydroxylation is 2. The maximum Gasteiger partial charge on any atom is 0.416 e. The van der Waals surface area contributed by atoms with Gasteiger partial charge in [0.2, 0.25) is 11.8 Å². The molecule has 2 aromatic rings. The largest absolute Gasteiger partial charge is 0.416 e. The Labute approximate surface area is 182 Å². The highest BCUT2D eigenvalue weighted by Gasteiger charge is 2.33. The van der Waals surface area contributed by atoms with Crippen molar-refractivity contribution >= 4 is 28.9 Å². The molecule has 2 amide bonds. The zero-order valence-electron chi connectivity index (χ0n) is 17.9. The molecule has 1 atom stereocenters. The second-order valence-electron chi connectivity index (χ2n) is 7.36. The maximum atomic E-state index is 12.8. The second kappa shape index (κ2) is 9.67. The molecular formula is C21H23F3N4O4. The van der Waals surface area contributed by atoms with Crippen molar-refractivity contribution in [2.45, 2.75) is 33.0 Å². The first-order chi connectivity index (χ1) is 14.8. The lowest BCUT2D eigenvalue weighted by molar-refractivity contribution is -0.384. The third-order valence-corrected chi connectivity index (χ3v) is 4.77. The van der Waals surface area contributed by atoms with Crippen LogP contribution in [0.4, 0.5) is 30.2 Å². The molecule has 0 bridgehead atoms. The quantitative estimate of drug-likeness (QED) is 0.486. The molecule has 8 nitrogen and oxygen atoms in total. The number of carbonyl (C=O) groups is 2. The van der Waals surface area contributed by atoms with E-state index in [2.05, 4.69) is 10.6 Å². The van der Waals surface area contributed by atoms with Crippen LogP contribution in [-0.4, -0.2) is 41.3 Å². The number of hydrogen-bond acceptors (Lipinski definition) is 5. The van der Waals surface area contributed by atoms with Crippen LogP contribution in [0.2, 0.25) is 0 Å². The lowest BCUT2D eigenvalue weighted by Crippen LogP contribution is -2.42. The summed E-state index contributed by atoms with van der Waals surface area (Å²) in [4.78, 5) is 36.3. The van der Waals surface area contributed by atoms with Crippen LogP contribution in [0.1, 0.15) is 23.6 Å². The van der Waals surface area contributed by atoms with Gasteiger partial charge in [-0.15, -0.1) is 0 Å². The Kier molecular flexibility index (Phi) is 7.44. The van der Waals surface area contributed by atoms with Gasteiger partial charge in [-0.05, 0) is 44.0 Å². The highest BCUT2D eigenvalue weighted by molar-refractivity contribution is 5.96. The topological polar surface area (TPSA) is 105 Å². The van der Waals surface area contributed by atoms with Gasteiger partial charge in [0.25, 0.3) is 5.69 Å². The predicted octanol–water partition coefficient (Wildman–Crippen LogP) is 4.13. The van der Waals surface area contributed by atoms with E-state index in [0.717, 1.165) is 22.1 Å². The van der Waals surface area contributed by atoms with Crippen LogP contribution >= 0.6 is 0 Å². The summed E-state index contributed by atoms with van der Waals surface area (Å²) in [6.45, 7) is 4.78. The lowest BCUT2D eigenvalue weighted by Gasteiger charge is -2.23. The van der Waals surface area contributed by atoms with Crippen LogP contribution in [0.25, 0.3) is 0 Å². The van der Waals surface area contributed by atoms with Crippen molar-refractivity contribution in [2.24, 2.45) is 0 Å². The van der Waals surface area contributed by atoms with Crippen molar-refractivity contribution in [3.05, 3.63) is 63.2 Å². The third kappa shape index (κ3) is 5.96. The summed E-state index contributed by atoms with van der Waals surface area (Å²) >= 11 is 0. The van der Waals surface area contributed by atoms with Gasteiger partial charge in [-0.2, -0.15) is 13.2 Å². The Balaban J connectivity index is 2.08. The van der Waals surface area contributed by atoms with Crippen LogP contribution in [0.5, 0.6) is 0 Å². The minimum Gasteiger partial charge on any atom is -0.368 e. The van der Waals surface area contributed by atoms with Crippen molar-refractivity contribution in [2.75, 3.05) is 24.2 Å². The molecule has 0 heterocycles. The minimum absolute atomic E-state index is 0.239. The number of para-hydroxylation sites is 1. The zero-order valence-corrected chi connectivity index (χ0v) is 17.9. The van der Waals surface area contributed by atoms with Crippen LogP contribution in [-0.2, 0) is 15.8 Å². The molecule has 0 spiro atoms. The van der Waals surface area contributed by atoms with E-state index in [1.54, 1.807) is 0 Å². The van der Waals surface area contributed by atoms with Gasteiger partial charge in [-0.1, -0.05) is 18.2 Å². The van der Waals surface area contributed by atoms with E-state index < -0.39 is 40.2 Å². The molecular weight excluding hydrogens is 429 g/mol. The number of nitro benzene ring substituents is 1. The fourth-order valence-corrected chi connectivity index (χ4v) is 3.09. The molecule has 0 aliphatic rings. The Bertz CT molecular complexity index is 1020. The highest BCUT2D eigenvalue weighted by Crippen LogP contribution is 2.35. The Hall–Kier alpha value is -3.63. The normalized spacial score (nSPS) is 12.1. The van der Waals surface area contributed by atoms with Crippen molar-refractivity contribution in [3.8, 4) is 0 Å². The number of amides is 2. The smallest absolute Gasteiger partial charge is 0.368 e. The number of alkyl halides is 3. The van der Waals surface area contributed by atoms with E-state index in [1.807, 2.05) is 32.0 Å². The summed E-state index contributed by atoms with van der Waals surface area (Å²) in [6, 6.07) is 6.47. The number of rotatable bonds is 7. The van der Waals surface area contributed by atoms with Gasteiger partial charge in [0.1, 0.15) is 11.7 Å². The van der Waals surface area contributed by atoms with Gasteiger partial charge in [0.15, 0.2) is 0 Å². The fraction of sp³-hybridized carbons (Fsp3) is 0.333. The van der Waals surface area contributed by atoms with Crippen LogP contribution in [0, 0.1) is 24.0 Å². The zero-order chi connectivity index (χ0) is 24.2. The molecule has 0 aromatic heterocycles. The molecule has 1 unspecified atom stereocenters. The molecule has 172 valence electrons. The Morgan fingerprint density at radius 2 is 1.75 bits per heavy atom. The molecule has 0 saturated heterocycles. The second-order valence-corrected chi connectivity index (χ2v) is 7.36. The average Bonchev–Trinajstić information content (AvgIpc) is 2.69. The fourth-order valence-electron chi connectivity index (χ4n) is 3.09. The van der Waals surface area contributed by atoms with Gasteiger partial charge in [-0.3, -0.25) is 19.7 Å². The molecule has 0 radical (unpaired) electrons. The van der Waals surface area contributed by atoms with Crippen molar-refractivity contribution in [1.29, 1.82) is 0 Å². The standard InChI is InChI=1S/C21H23F3N4O4/c1-12-6-5-7-13(2)19(12)26-18(29)11-27(4)20(30)14(3)25-16-9-8-15(21(22,23)24)10-17(16)28(31)32/h5-10,14,25H,11H2,1-4H3,(H,26,29). The van der Waals surface area contributed by atoms with Crippen LogP contribution in [0.15, 0.2) is 36.4 Å². The molecule has 2 aromatic carbocycles. The number of nitrogens with zero attached hydrogens (tertiary/aromatic N) is 2. The van der Waals surface area contributed by atoms with E-state index in [-0.39, 0.29) is 12.2 Å². The summed E-state index contributed by atoms with van der Waals surface area (Å²) in [7, 11) is 1.38. The first-order valence-electron chi connectivity index (χ1n) is 9.54. The summed E-state index contributed by atoms with van der Waals surface area (Å²) < 4.78 is 38.5. The number of likely N-dealkylation sites (N-methyl/N-ethyl adjacent to an activating group) is 1. The number of nitro groups is 1. The Morgan fingerprint density at radius 1 is 1.16 bits per heavy atom. The van der Waals surface area contributed by atoms with E-state index in [1.165, 1.54) is 14.0 Å². The van der Waals surface area contributed by atoms with E-state index in [9.17, 15) is 32.9 Å². The van der Waals surface area contributed by atoms with Gasteiger partial charge in [0, 0.05) is 18.8 Å². The van der Waals surface area contributed by atoms with Crippen LogP contribution < -0.4 is 10.6 Å². The first kappa shape index (κ1) is 24.6. The third-order valence-electron chi connectivity index (χ3n) is 4.77. The van der Waals surface area contributed by atoms with Crippen LogP contribution in [0.3, 0.4) is 0 Å². The summed E-state index contributed by atoms with van der Waals surface area (Å²) in [6.07, 6.45) is -4.74. The molecule has 2 N–H and O–H groups in total. The summed E-state index contributed by atoms with van der Waals surface area (Å²) in [5.41, 5.74) is 0.139. The van der Waals surface area contributed by atoms with Gasteiger partial charge < -0.3 is 15.5 Å². The molecule has 11 heteroatoms. The summed E-state index contributed by atoms with van der Waals surface area (Å²) in [5, 5.41) is 16.5. The van der Waals surface area contributed by atoms with E-state index in [0.29, 0.717) is 17.8 Å². The highest BCUT2D eigenvalue weighted by atomic mass is 19.4. The number of carbonyl (C=O) groups excluding carboxylic acids is 2. The molecule has 0 aliphatic heterocycles. The molecule has 0 fully saturated rings. The molecule has 0 aliphatic carbocycles. The molecule has 0 saturated carbocycles. The van der Waals surface area contributed by atoms with Crippen molar-refractivity contribution < 1.29 is 27.7 Å². The maximum absolute atomic E-state index is 12.8. The first-order valence-corrected chi connectivity index (χ1v) is 9.54. The Morgan fingerprint density at radius 3 is 2.28 bits per heavy atom. The monoisotopic (exact) mass is 452 g/mol. The number of anilines is 2. The van der Waals surface area contributed by atoms with E-state index >= 15 is 0 Å². The SMILES string of the molecule is Cc1cccc(C)c1NC(=O)CN(C)C(=O)C(C)Nc1ccc(C(F)(F)F)cc1[N+](=O)[O-]. The van der Waals surface area contributed by atoms with Gasteiger partial charge in [0.05, 0.1) is 17.0 Å². The number of benzene rings is 2. The average molecular weight is 452 g/mol. The van der Waals surface area contributed by atoms with Crippen molar-refractivity contribution in [3.63, 3.8) is 0 Å². The number of halogens is 3. The minimum atomic E-state index is -4.74. The van der Waals surface area contributed by atoms with E-state index in [4.69, 9.17) is 0 Å². The van der Waals surface area contributed by atoms with Gasteiger partial charge in [-0.25, -0.2) is 0 Å². The van der Waals surface area contributed by atoms with Gasteiger partial charge >= 0.3 is 6.18 Å². The van der Waals surface area contributed by atoms with Crippen molar-refractivity contribution in [1.82, 2.24) is 4.90 Å². The molecule has 2 rings (SSSR count). The lowest BCUT2D eigenvalue weighted by atomic mass is 10.1. The number of nitrogens with one attached hydrogen (secondary N) is 2.